The molecule has 1 aliphatic rings. The number of ether oxygens (including phenoxy) is 1. The third kappa shape index (κ3) is 3.83. The Kier molecular flexibility index (Phi) is 5.24. The Labute approximate surface area is 165 Å². The van der Waals surface area contributed by atoms with Crippen molar-refractivity contribution in [1.82, 2.24) is 4.98 Å². The number of nitrogens with zero attached hydrogens (tertiary/aromatic N) is 2. The van der Waals surface area contributed by atoms with E-state index in [4.69, 9.17) is 4.74 Å². The van der Waals surface area contributed by atoms with E-state index >= 15 is 0 Å². The van der Waals surface area contributed by atoms with Gasteiger partial charge in [-0.2, -0.15) is 0 Å². The quantitative estimate of drug-likeness (QED) is 0.711. The van der Waals surface area contributed by atoms with Crippen LogP contribution in [0.5, 0.6) is 5.75 Å². The van der Waals surface area contributed by atoms with Crippen LogP contribution in [0.25, 0.3) is 0 Å². The summed E-state index contributed by atoms with van der Waals surface area (Å²) in [6.45, 7) is 1.48. The number of para-hydroxylation sites is 1. The number of methoxy groups -OCH3 is 1. The van der Waals surface area contributed by atoms with Gasteiger partial charge in [0, 0.05) is 31.2 Å². The zero-order valence-electron chi connectivity index (χ0n) is 15.9. The van der Waals surface area contributed by atoms with Crippen molar-refractivity contribution < 1.29 is 9.53 Å². The monoisotopic (exact) mass is 373 g/mol. The van der Waals surface area contributed by atoms with Gasteiger partial charge in [0.05, 0.1) is 18.4 Å². The maximum atomic E-state index is 13.0. The van der Waals surface area contributed by atoms with E-state index in [1.165, 1.54) is 11.1 Å². The van der Waals surface area contributed by atoms with E-state index in [1.807, 2.05) is 41.3 Å². The van der Waals surface area contributed by atoms with Crippen LogP contribution in [0.3, 0.4) is 0 Å². The van der Waals surface area contributed by atoms with Gasteiger partial charge in [-0.05, 0) is 48.2 Å². The molecule has 3 aromatic rings. The van der Waals surface area contributed by atoms with E-state index in [1.54, 1.807) is 19.5 Å². The molecular formula is C23H23N3O2. The fraction of sp³-hybridized carbons (Fsp3) is 0.217. The highest BCUT2D eigenvalue weighted by Crippen LogP contribution is 2.29. The zero-order valence-corrected chi connectivity index (χ0v) is 15.9. The number of carbonyl (C=O) groups is 1. The number of anilines is 2. The molecular weight excluding hydrogens is 350 g/mol. The minimum atomic E-state index is -0.00347. The van der Waals surface area contributed by atoms with Crippen LogP contribution in [0.1, 0.15) is 21.5 Å². The predicted molar refractivity (Wildman–Crippen MR) is 111 cm³/mol. The first kappa shape index (κ1) is 18.0. The Morgan fingerprint density at radius 3 is 2.79 bits per heavy atom. The van der Waals surface area contributed by atoms with Gasteiger partial charge in [0.25, 0.3) is 5.91 Å². The highest BCUT2D eigenvalue weighted by atomic mass is 16.5. The lowest BCUT2D eigenvalue weighted by Gasteiger charge is -2.17. The van der Waals surface area contributed by atoms with E-state index in [-0.39, 0.29) is 5.91 Å². The molecule has 0 aliphatic carbocycles. The van der Waals surface area contributed by atoms with E-state index in [0.29, 0.717) is 12.1 Å². The minimum absolute atomic E-state index is 0.00347. The van der Waals surface area contributed by atoms with Crippen LogP contribution in [-0.4, -0.2) is 31.1 Å². The fourth-order valence-electron chi connectivity index (χ4n) is 3.50. The molecule has 2 heterocycles. The molecule has 1 aromatic heterocycles. The number of nitrogens with one attached hydrogen (secondary N) is 1. The number of hydrogen-bond acceptors (Lipinski definition) is 4. The van der Waals surface area contributed by atoms with Gasteiger partial charge in [-0.25, -0.2) is 0 Å². The fourth-order valence-corrected chi connectivity index (χ4v) is 3.50. The summed E-state index contributed by atoms with van der Waals surface area (Å²) in [4.78, 5) is 19.1. The van der Waals surface area contributed by atoms with Crippen LogP contribution in [0, 0.1) is 0 Å². The van der Waals surface area contributed by atoms with Gasteiger partial charge in [0.1, 0.15) is 5.75 Å². The third-order valence-corrected chi connectivity index (χ3v) is 5.02. The smallest absolute Gasteiger partial charge is 0.259 e. The van der Waals surface area contributed by atoms with Gasteiger partial charge in [0.2, 0.25) is 0 Å². The van der Waals surface area contributed by atoms with Crippen molar-refractivity contribution in [2.45, 2.75) is 12.8 Å². The number of hydrogen-bond donors (Lipinski definition) is 1. The molecule has 28 heavy (non-hydrogen) atoms. The van der Waals surface area contributed by atoms with Gasteiger partial charge in [-0.1, -0.05) is 30.3 Å². The van der Waals surface area contributed by atoms with Crippen LogP contribution in [0.15, 0.2) is 67.0 Å². The minimum Gasteiger partial charge on any atom is -0.497 e. The Bertz CT molecular complexity index is 970. The van der Waals surface area contributed by atoms with E-state index < -0.39 is 0 Å². The number of pyridine rings is 1. The highest BCUT2D eigenvalue weighted by molar-refractivity contribution is 6.07. The summed E-state index contributed by atoms with van der Waals surface area (Å²) in [6.07, 6.45) is 5.16. The topological polar surface area (TPSA) is 54.5 Å². The molecule has 1 N–H and O–H groups in total. The molecule has 5 heteroatoms. The Morgan fingerprint density at radius 2 is 1.96 bits per heavy atom. The molecule has 1 amide bonds. The van der Waals surface area contributed by atoms with Gasteiger partial charge < -0.3 is 15.0 Å². The zero-order chi connectivity index (χ0) is 19.3. The maximum Gasteiger partial charge on any atom is 0.259 e. The Balaban J connectivity index is 1.39. The lowest BCUT2D eigenvalue weighted by Crippen LogP contribution is -2.29. The van der Waals surface area contributed by atoms with E-state index in [0.717, 1.165) is 36.5 Å². The largest absolute Gasteiger partial charge is 0.497 e. The van der Waals surface area contributed by atoms with E-state index in [9.17, 15) is 4.79 Å². The van der Waals surface area contributed by atoms with Crippen LogP contribution >= 0.6 is 0 Å². The van der Waals surface area contributed by atoms with Crippen LogP contribution in [0.4, 0.5) is 11.4 Å². The summed E-state index contributed by atoms with van der Waals surface area (Å²) in [7, 11) is 1.67. The molecule has 2 aromatic carbocycles. The normalized spacial score (nSPS) is 12.5. The molecule has 0 unspecified atom stereocenters. The van der Waals surface area contributed by atoms with Crippen molar-refractivity contribution >= 4 is 17.3 Å². The second-order valence-corrected chi connectivity index (χ2v) is 6.82. The molecule has 0 radical (unpaired) electrons. The molecule has 0 fully saturated rings. The summed E-state index contributed by atoms with van der Waals surface area (Å²) in [5, 5.41) is 3.36. The van der Waals surface area contributed by atoms with Gasteiger partial charge in [-0.15, -0.1) is 0 Å². The molecule has 0 atom stereocenters. The Morgan fingerprint density at radius 1 is 1.14 bits per heavy atom. The third-order valence-electron chi connectivity index (χ3n) is 5.02. The van der Waals surface area contributed by atoms with Crippen LogP contribution in [0.2, 0.25) is 0 Å². The first-order valence-electron chi connectivity index (χ1n) is 9.46. The summed E-state index contributed by atoms with van der Waals surface area (Å²) in [6, 6.07) is 18.0. The van der Waals surface area contributed by atoms with Gasteiger partial charge in [-0.3, -0.25) is 9.78 Å². The SMILES string of the molecule is COc1ccc(CCNc2cncc(C(=O)N3CCc4ccccc43)c2)cc1. The van der Waals surface area contributed by atoms with Crippen molar-refractivity contribution in [3.63, 3.8) is 0 Å². The number of fused-ring (bicyclic) bond motifs is 1. The van der Waals surface area contributed by atoms with Crippen molar-refractivity contribution in [2.24, 2.45) is 0 Å². The molecule has 0 saturated carbocycles. The molecule has 5 nitrogen and oxygen atoms in total. The summed E-state index contributed by atoms with van der Waals surface area (Å²) < 4.78 is 5.18. The summed E-state index contributed by atoms with van der Waals surface area (Å²) in [5.74, 6) is 0.854. The summed E-state index contributed by atoms with van der Waals surface area (Å²) in [5.41, 5.74) is 4.91. The van der Waals surface area contributed by atoms with Crippen LogP contribution < -0.4 is 15.0 Å². The summed E-state index contributed by atoms with van der Waals surface area (Å²) >= 11 is 0. The molecule has 0 saturated heterocycles. The Hall–Kier alpha value is -3.34. The van der Waals surface area contributed by atoms with Gasteiger partial charge >= 0.3 is 0 Å². The number of rotatable bonds is 6. The molecule has 142 valence electrons. The molecule has 1 aliphatic heterocycles. The maximum absolute atomic E-state index is 13.0. The number of benzene rings is 2. The lowest BCUT2D eigenvalue weighted by atomic mass is 10.1. The van der Waals surface area contributed by atoms with E-state index in [2.05, 4.69) is 28.5 Å². The molecule has 4 rings (SSSR count). The second-order valence-electron chi connectivity index (χ2n) is 6.82. The second kappa shape index (κ2) is 8.13. The van der Waals surface area contributed by atoms with Gasteiger partial charge in [0.15, 0.2) is 0 Å². The van der Waals surface area contributed by atoms with Crippen LogP contribution in [-0.2, 0) is 12.8 Å². The highest BCUT2D eigenvalue weighted by Gasteiger charge is 2.25. The number of amides is 1. The van der Waals surface area contributed by atoms with Crippen molar-refractivity contribution in [2.75, 3.05) is 30.4 Å². The first-order chi connectivity index (χ1) is 13.7. The number of carbonyl (C=O) groups excluding carboxylic acids is 1. The van der Waals surface area contributed by atoms with Crippen molar-refractivity contribution in [3.05, 3.63) is 83.7 Å². The average Bonchev–Trinajstić information content (AvgIpc) is 3.18. The van der Waals surface area contributed by atoms with Crippen molar-refractivity contribution in [3.8, 4) is 5.75 Å². The van der Waals surface area contributed by atoms with Crippen molar-refractivity contribution in [1.29, 1.82) is 0 Å². The molecule has 0 bridgehead atoms. The molecule has 0 spiro atoms. The average molecular weight is 373 g/mol. The first-order valence-corrected chi connectivity index (χ1v) is 9.46. The lowest BCUT2D eigenvalue weighted by molar-refractivity contribution is 0.0989. The predicted octanol–water partition coefficient (Wildman–Crippen LogP) is 3.95. The standard InChI is InChI=1S/C23H23N3O2/c1-28-21-8-6-17(7-9-21)10-12-25-20-14-19(15-24-16-20)23(27)26-13-11-18-4-2-3-5-22(18)26/h2-9,14-16,25H,10-13H2,1H3. The number of aromatic nitrogens is 1.